The van der Waals surface area contributed by atoms with Gasteiger partial charge in [-0.2, -0.15) is 0 Å². The molecule has 118 valence electrons. The van der Waals surface area contributed by atoms with Gasteiger partial charge in [0.05, 0.1) is 14.2 Å². The minimum absolute atomic E-state index is 0.276. The summed E-state index contributed by atoms with van der Waals surface area (Å²) in [5, 5.41) is 8.65. The van der Waals surface area contributed by atoms with E-state index in [0.717, 1.165) is 5.75 Å². The highest BCUT2D eigenvalue weighted by Crippen LogP contribution is 2.27. The van der Waals surface area contributed by atoms with E-state index in [1.165, 1.54) is 18.9 Å². The van der Waals surface area contributed by atoms with E-state index in [1.807, 2.05) is 6.92 Å². The van der Waals surface area contributed by atoms with Crippen LogP contribution in [0.4, 0.5) is 0 Å². The number of carbonyl (C=O) groups excluding carboxylic acids is 1. The van der Waals surface area contributed by atoms with E-state index in [1.54, 1.807) is 36.9 Å². The van der Waals surface area contributed by atoms with Gasteiger partial charge < -0.3 is 9.47 Å². The summed E-state index contributed by atoms with van der Waals surface area (Å²) in [6, 6.07) is 4.98. The molecular weight excluding hydrogens is 304 g/mol. The number of hydrogen-bond acceptors (Lipinski definition) is 6. The molecule has 0 spiro atoms. The van der Waals surface area contributed by atoms with Crippen molar-refractivity contribution in [3.63, 3.8) is 0 Å². The van der Waals surface area contributed by atoms with Gasteiger partial charge in [-0.3, -0.25) is 10.2 Å². The van der Waals surface area contributed by atoms with Crippen LogP contribution in [0.5, 0.6) is 11.5 Å². The Balaban J connectivity index is 2.24. The van der Waals surface area contributed by atoms with Crippen LogP contribution in [0.3, 0.4) is 0 Å². The molecule has 0 aliphatic carbocycles. The second-order valence-electron chi connectivity index (χ2n) is 4.31. The number of carbonyl (C=O) groups is 1. The molecule has 2 aromatic rings. The Morgan fingerprint density at radius 2 is 2.00 bits per heavy atom. The van der Waals surface area contributed by atoms with E-state index in [0.29, 0.717) is 28.0 Å². The molecule has 0 saturated heterocycles. The summed E-state index contributed by atoms with van der Waals surface area (Å²) in [7, 11) is 3.08. The van der Waals surface area contributed by atoms with Gasteiger partial charge in [-0.15, -0.1) is 10.2 Å². The van der Waals surface area contributed by atoms with Crippen LogP contribution >= 0.6 is 11.8 Å². The summed E-state index contributed by atoms with van der Waals surface area (Å²) < 4.78 is 11.9. The number of ether oxygens (including phenoxy) is 2. The molecule has 22 heavy (non-hydrogen) atoms. The van der Waals surface area contributed by atoms with E-state index >= 15 is 0 Å². The lowest BCUT2D eigenvalue weighted by atomic mass is 10.2. The van der Waals surface area contributed by atoms with Gasteiger partial charge >= 0.3 is 0 Å². The van der Waals surface area contributed by atoms with Crippen molar-refractivity contribution in [2.75, 3.05) is 25.4 Å². The quantitative estimate of drug-likeness (QED) is 0.821. The zero-order valence-electron chi connectivity index (χ0n) is 12.9. The van der Waals surface area contributed by atoms with Crippen molar-refractivity contribution in [1.82, 2.24) is 14.9 Å². The smallest absolute Gasteiger partial charge is 0.270 e. The SMILES string of the molecule is CCSc1nnc(C)n1NC(=O)c1ccc(OC)c(OC)c1. The van der Waals surface area contributed by atoms with Crippen LogP contribution in [0.25, 0.3) is 0 Å². The van der Waals surface area contributed by atoms with Gasteiger partial charge in [0, 0.05) is 5.56 Å². The molecular formula is C14H18N4O3S. The average Bonchev–Trinajstić information content (AvgIpc) is 2.87. The van der Waals surface area contributed by atoms with Crippen LogP contribution in [-0.2, 0) is 0 Å². The monoisotopic (exact) mass is 322 g/mol. The second kappa shape index (κ2) is 7.17. The molecule has 1 N–H and O–H groups in total. The summed E-state index contributed by atoms with van der Waals surface area (Å²) in [6.07, 6.45) is 0. The summed E-state index contributed by atoms with van der Waals surface area (Å²) in [5.41, 5.74) is 3.24. The van der Waals surface area contributed by atoms with E-state index < -0.39 is 0 Å². The van der Waals surface area contributed by atoms with Gasteiger partial charge in [-0.1, -0.05) is 18.7 Å². The molecule has 1 aromatic heterocycles. The van der Waals surface area contributed by atoms with Crippen molar-refractivity contribution in [2.24, 2.45) is 0 Å². The number of hydrogen-bond donors (Lipinski definition) is 1. The lowest BCUT2D eigenvalue weighted by molar-refractivity contribution is 0.100. The minimum atomic E-state index is -0.276. The minimum Gasteiger partial charge on any atom is -0.493 e. The predicted octanol–water partition coefficient (Wildman–Crippen LogP) is 2.10. The summed E-state index contributed by atoms with van der Waals surface area (Å²) in [6.45, 7) is 3.79. The molecule has 0 fully saturated rings. The molecule has 0 atom stereocenters. The first-order valence-electron chi connectivity index (χ1n) is 6.68. The van der Waals surface area contributed by atoms with Crippen LogP contribution in [0.15, 0.2) is 23.4 Å². The number of nitrogens with zero attached hydrogens (tertiary/aromatic N) is 3. The van der Waals surface area contributed by atoms with Crippen LogP contribution < -0.4 is 14.9 Å². The maximum atomic E-state index is 12.4. The molecule has 0 saturated carbocycles. The number of benzene rings is 1. The molecule has 8 heteroatoms. The number of amides is 1. The first-order valence-corrected chi connectivity index (χ1v) is 7.67. The van der Waals surface area contributed by atoms with Crippen LogP contribution in [0, 0.1) is 6.92 Å². The molecule has 0 bridgehead atoms. The van der Waals surface area contributed by atoms with E-state index in [2.05, 4.69) is 15.6 Å². The van der Waals surface area contributed by atoms with Gasteiger partial charge in [-0.05, 0) is 30.9 Å². The third kappa shape index (κ3) is 3.33. The van der Waals surface area contributed by atoms with Gasteiger partial charge in [0.1, 0.15) is 5.82 Å². The molecule has 2 rings (SSSR count). The van der Waals surface area contributed by atoms with E-state index in [4.69, 9.17) is 9.47 Å². The number of thioether (sulfide) groups is 1. The fourth-order valence-corrected chi connectivity index (χ4v) is 2.50. The average molecular weight is 322 g/mol. The molecule has 0 unspecified atom stereocenters. The lowest BCUT2D eigenvalue weighted by Crippen LogP contribution is -2.24. The fraction of sp³-hybridized carbons (Fsp3) is 0.357. The predicted molar refractivity (Wildman–Crippen MR) is 84.4 cm³/mol. The van der Waals surface area contributed by atoms with Gasteiger partial charge in [0.15, 0.2) is 11.5 Å². The topological polar surface area (TPSA) is 78.3 Å². The number of aryl methyl sites for hydroxylation is 1. The third-order valence-electron chi connectivity index (χ3n) is 2.93. The number of nitrogens with one attached hydrogen (secondary N) is 1. The highest BCUT2D eigenvalue weighted by atomic mass is 32.2. The number of methoxy groups -OCH3 is 2. The molecule has 1 heterocycles. The Kier molecular flexibility index (Phi) is 5.26. The largest absolute Gasteiger partial charge is 0.493 e. The molecule has 1 amide bonds. The standard InChI is InChI=1S/C14H18N4O3S/c1-5-22-14-16-15-9(2)18(14)17-13(19)10-6-7-11(20-3)12(8-10)21-4/h6-8H,5H2,1-4H3,(H,17,19). The van der Waals surface area contributed by atoms with Crippen molar-refractivity contribution >= 4 is 17.7 Å². The molecule has 7 nitrogen and oxygen atoms in total. The normalized spacial score (nSPS) is 10.4. The summed E-state index contributed by atoms with van der Waals surface area (Å²) >= 11 is 1.50. The van der Waals surface area contributed by atoms with E-state index in [9.17, 15) is 4.79 Å². The highest BCUT2D eigenvalue weighted by Gasteiger charge is 2.15. The molecule has 0 aliphatic heterocycles. The lowest BCUT2D eigenvalue weighted by Gasteiger charge is -2.12. The Hall–Kier alpha value is -2.22. The van der Waals surface area contributed by atoms with Crippen LogP contribution in [0.2, 0.25) is 0 Å². The van der Waals surface area contributed by atoms with Crippen LogP contribution in [-0.4, -0.2) is 40.8 Å². The summed E-state index contributed by atoms with van der Waals surface area (Å²) in [4.78, 5) is 12.4. The van der Waals surface area contributed by atoms with Gasteiger partial charge in [0.25, 0.3) is 5.91 Å². The Morgan fingerprint density at radius 1 is 1.27 bits per heavy atom. The highest BCUT2D eigenvalue weighted by molar-refractivity contribution is 7.99. The third-order valence-corrected chi connectivity index (χ3v) is 3.74. The fourth-order valence-electron chi connectivity index (χ4n) is 1.84. The Morgan fingerprint density at radius 3 is 2.64 bits per heavy atom. The zero-order chi connectivity index (χ0) is 16.1. The Bertz CT molecular complexity index is 672. The van der Waals surface area contributed by atoms with Crippen molar-refractivity contribution in [2.45, 2.75) is 19.0 Å². The van der Waals surface area contributed by atoms with Crippen molar-refractivity contribution < 1.29 is 14.3 Å². The van der Waals surface area contributed by atoms with Crippen molar-refractivity contribution in [3.8, 4) is 11.5 Å². The van der Waals surface area contributed by atoms with Gasteiger partial charge in [0.2, 0.25) is 5.16 Å². The molecule has 1 aromatic carbocycles. The summed E-state index contributed by atoms with van der Waals surface area (Å²) in [5.74, 6) is 2.25. The maximum Gasteiger partial charge on any atom is 0.270 e. The molecule has 0 aliphatic rings. The second-order valence-corrected chi connectivity index (χ2v) is 5.54. The number of aromatic nitrogens is 3. The van der Waals surface area contributed by atoms with E-state index in [-0.39, 0.29) is 5.91 Å². The van der Waals surface area contributed by atoms with Crippen molar-refractivity contribution in [1.29, 1.82) is 0 Å². The maximum absolute atomic E-state index is 12.4. The van der Waals surface area contributed by atoms with Crippen molar-refractivity contribution in [3.05, 3.63) is 29.6 Å². The van der Waals surface area contributed by atoms with Crippen LogP contribution in [0.1, 0.15) is 23.1 Å². The van der Waals surface area contributed by atoms with Gasteiger partial charge in [-0.25, -0.2) is 4.68 Å². The Labute approximate surface area is 133 Å². The first kappa shape index (κ1) is 16.2. The number of rotatable bonds is 6. The zero-order valence-corrected chi connectivity index (χ0v) is 13.7. The first-order chi connectivity index (χ1) is 10.6. The molecule has 0 radical (unpaired) electrons.